The molecule has 0 aliphatic carbocycles. The van der Waals surface area contributed by atoms with Gasteiger partial charge < -0.3 is 10.6 Å². The number of aromatic nitrogens is 1. The summed E-state index contributed by atoms with van der Waals surface area (Å²) in [5.74, 6) is -0.712. The topological polar surface area (TPSA) is 71.1 Å². The molecule has 0 aliphatic rings. The SMILES string of the molecule is Cc1cccc(NC(=O)c2ccnc(C(=O)Nc3cccc(Cl)c3C)c2)c1C. The number of carbonyl (C=O) groups excluding carboxylic acids is 2. The molecule has 0 fully saturated rings. The molecule has 3 rings (SSSR count). The van der Waals surface area contributed by atoms with E-state index in [0.29, 0.717) is 16.3 Å². The molecule has 6 heteroatoms. The van der Waals surface area contributed by atoms with Crippen molar-refractivity contribution in [1.82, 2.24) is 4.98 Å². The number of pyridine rings is 1. The van der Waals surface area contributed by atoms with Crippen molar-refractivity contribution in [2.75, 3.05) is 10.6 Å². The lowest BCUT2D eigenvalue weighted by Crippen LogP contribution is -2.17. The third-order valence-corrected chi connectivity index (χ3v) is 5.03. The van der Waals surface area contributed by atoms with Crippen LogP contribution in [0.1, 0.15) is 37.5 Å². The van der Waals surface area contributed by atoms with Gasteiger partial charge in [0.05, 0.1) is 0 Å². The van der Waals surface area contributed by atoms with Crippen molar-refractivity contribution in [2.45, 2.75) is 20.8 Å². The molecule has 1 aromatic heterocycles. The first-order valence-electron chi connectivity index (χ1n) is 8.77. The molecule has 28 heavy (non-hydrogen) atoms. The number of benzene rings is 2. The van der Waals surface area contributed by atoms with E-state index in [4.69, 9.17) is 11.6 Å². The molecule has 0 spiro atoms. The van der Waals surface area contributed by atoms with Gasteiger partial charge in [-0.25, -0.2) is 0 Å². The highest BCUT2D eigenvalue weighted by Crippen LogP contribution is 2.23. The van der Waals surface area contributed by atoms with Crippen LogP contribution in [0.5, 0.6) is 0 Å². The second-order valence-corrected chi connectivity index (χ2v) is 6.91. The predicted molar refractivity (Wildman–Crippen MR) is 112 cm³/mol. The number of hydrogen-bond acceptors (Lipinski definition) is 3. The first-order valence-corrected chi connectivity index (χ1v) is 9.14. The Morgan fingerprint density at radius 3 is 2.25 bits per heavy atom. The van der Waals surface area contributed by atoms with Crippen LogP contribution in [-0.4, -0.2) is 16.8 Å². The van der Waals surface area contributed by atoms with E-state index < -0.39 is 5.91 Å². The molecule has 1 heterocycles. The standard InChI is InChI=1S/C22H20ClN3O2/c1-13-6-4-8-18(14(13)2)25-21(27)16-10-11-24-20(12-16)22(28)26-19-9-5-7-17(23)15(19)3/h4-12H,1-3H3,(H,25,27)(H,26,28). The number of aryl methyl sites for hydroxylation is 1. The van der Waals surface area contributed by atoms with Crippen molar-refractivity contribution in [3.05, 3.63) is 87.7 Å². The monoisotopic (exact) mass is 393 g/mol. The zero-order valence-electron chi connectivity index (χ0n) is 15.8. The number of hydrogen-bond donors (Lipinski definition) is 2. The average molecular weight is 394 g/mol. The summed E-state index contributed by atoms with van der Waals surface area (Å²) < 4.78 is 0. The quantitative estimate of drug-likeness (QED) is 0.642. The maximum absolute atomic E-state index is 12.6. The molecule has 0 aliphatic heterocycles. The van der Waals surface area contributed by atoms with Gasteiger partial charge in [0.25, 0.3) is 11.8 Å². The van der Waals surface area contributed by atoms with Crippen LogP contribution in [-0.2, 0) is 0 Å². The Labute approximate surface area is 168 Å². The molecule has 0 saturated carbocycles. The molecular weight excluding hydrogens is 374 g/mol. The zero-order valence-corrected chi connectivity index (χ0v) is 16.6. The lowest BCUT2D eigenvalue weighted by molar-refractivity contribution is 0.102. The number of anilines is 2. The van der Waals surface area contributed by atoms with E-state index in [0.717, 1.165) is 22.4 Å². The first kappa shape index (κ1) is 19.6. The Balaban J connectivity index is 1.79. The van der Waals surface area contributed by atoms with Crippen molar-refractivity contribution in [1.29, 1.82) is 0 Å². The third-order valence-electron chi connectivity index (χ3n) is 4.62. The maximum atomic E-state index is 12.6. The van der Waals surface area contributed by atoms with E-state index in [1.165, 1.54) is 12.3 Å². The van der Waals surface area contributed by atoms with Crippen LogP contribution in [0.25, 0.3) is 0 Å². The Morgan fingerprint density at radius 1 is 0.857 bits per heavy atom. The highest BCUT2D eigenvalue weighted by molar-refractivity contribution is 6.31. The lowest BCUT2D eigenvalue weighted by atomic mass is 10.1. The summed E-state index contributed by atoms with van der Waals surface area (Å²) >= 11 is 6.09. The maximum Gasteiger partial charge on any atom is 0.274 e. The molecule has 0 unspecified atom stereocenters. The molecular formula is C22H20ClN3O2. The summed E-state index contributed by atoms with van der Waals surface area (Å²) in [4.78, 5) is 29.3. The minimum atomic E-state index is -0.410. The van der Waals surface area contributed by atoms with Gasteiger partial charge in [-0.15, -0.1) is 0 Å². The van der Waals surface area contributed by atoms with E-state index >= 15 is 0 Å². The van der Waals surface area contributed by atoms with Crippen molar-refractivity contribution in [3.63, 3.8) is 0 Å². The number of carbonyl (C=O) groups is 2. The van der Waals surface area contributed by atoms with Gasteiger partial charge in [0, 0.05) is 28.2 Å². The molecule has 5 nitrogen and oxygen atoms in total. The Kier molecular flexibility index (Phi) is 5.76. The van der Waals surface area contributed by atoms with Crippen molar-refractivity contribution in [2.24, 2.45) is 0 Å². The highest BCUT2D eigenvalue weighted by atomic mass is 35.5. The molecule has 142 valence electrons. The molecule has 0 atom stereocenters. The van der Waals surface area contributed by atoms with Crippen LogP contribution in [0.4, 0.5) is 11.4 Å². The number of nitrogens with one attached hydrogen (secondary N) is 2. The summed E-state index contributed by atoms with van der Waals surface area (Å²) in [5.41, 5.74) is 4.69. The average Bonchev–Trinajstić information content (AvgIpc) is 2.69. The van der Waals surface area contributed by atoms with Gasteiger partial charge in [-0.05, 0) is 67.8 Å². The van der Waals surface area contributed by atoms with E-state index in [1.54, 1.807) is 24.3 Å². The van der Waals surface area contributed by atoms with Crippen LogP contribution < -0.4 is 10.6 Å². The van der Waals surface area contributed by atoms with Crippen LogP contribution in [0.2, 0.25) is 5.02 Å². The van der Waals surface area contributed by atoms with E-state index in [1.807, 2.05) is 39.0 Å². The molecule has 0 bridgehead atoms. The summed E-state index contributed by atoms with van der Waals surface area (Å²) in [6.45, 7) is 5.75. The van der Waals surface area contributed by atoms with E-state index in [2.05, 4.69) is 15.6 Å². The largest absolute Gasteiger partial charge is 0.322 e. The summed E-state index contributed by atoms with van der Waals surface area (Å²) in [6, 6.07) is 14.0. The first-order chi connectivity index (χ1) is 13.4. The summed E-state index contributed by atoms with van der Waals surface area (Å²) in [7, 11) is 0. The second kappa shape index (κ2) is 8.23. The smallest absolute Gasteiger partial charge is 0.274 e. The number of halogens is 1. The minimum absolute atomic E-state index is 0.146. The predicted octanol–water partition coefficient (Wildman–Crippen LogP) is 5.16. The zero-order chi connectivity index (χ0) is 20.3. The third kappa shape index (κ3) is 4.21. The minimum Gasteiger partial charge on any atom is -0.322 e. The molecule has 0 radical (unpaired) electrons. The number of amides is 2. The fourth-order valence-corrected chi connectivity index (χ4v) is 2.88. The van der Waals surface area contributed by atoms with E-state index in [9.17, 15) is 9.59 Å². The molecule has 2 amide bonds. The van der Waals surface area contributed by atoms with Gasteiger partial charge in [-0.1, -0.05) is 29.8 Å². The van der Waals surface area contributed by atoms with Crippen molar-refractivity contribution < 1.29 is 9.59 Å². The lowest BCUT2D eigenvalue weighted by Gasteiger charge is -2.11. The van der Waals surface area contributed by atoms with Gasteiger partial charge in [0.15, 0.2) is 0 Å². The van der Waals surface area contributed by atoms with Gasteiger partial charge in [-0.3, -0.25) is 14.6 Å². The van der Waals surface area contributed by atoms with Gasteiger partial charge >= 0.3 is 0 Å². The van der Waals surface area contributed by atoms with Crippen LogP contribution in [0, 0.1) is 20.8 Å². The number of nitrogens with zero attached hydrogens (tertiary/aromatic N) is 1. The summed E-state index contributed by atoms with van der Waals surface area (Å²) in [5, 5.41) is 6.23. The van der Waals surface area contributed by atoms with Crippen LogP contribution in [0.3, 0.4) is 0 Å². The Morgan fingerprint density at radius 2 is 1.50 bits per heavy atom. The van der Waals surface area contributed by atoms with Crippen LogP contribution >= 0.6 is 11.6 Å². The molecule has 3 aromatic rings. The molecule has 0 saturated heterocycles. The Bertz CT molecular complexity index is 983. The van der Waals surface area contributed by atoms with Crippen LogP contribution in [0.15, 0.2) is 54.7 Å². The molecule has 2 aromatic carbocycles. The fourth-order valence-electron chi connectivity index (χ4n) is 2.71. The normalized spacial score (nSPS) is 10.4. The summed E-state index contributed by atoms with van der Waals surface area (Å²) in [6.07, 6.45) is 1.44. The van der Waals surface area contributed by atoms with Crippen molar-refractivity contribution >= 4 is 34.8 Å². The van der Waals surface area contributed by atoms with Gasteiger partial charge in [0.1, 0.15) is 5.69 Å². The Hall–Kier alpha value is -3.18. The second-order valence-electron chi connectivity index (χ2n) is 6.50. The van der Waals surface area contributed by atoms with Gasteiger partial charge in [-0.2, -0.15) is 0 Å². The van der Waals surface area contributed by atoms with E-state index in [-0.39, 0.29) is 11.6 Å². The molecule has 2 N–H and O–H groups in total. The van der Waals surface area contributed by atoms with Gasteiger partial charge in [0.2, 0.25) is 0 Å². The fraction of sp³-hybridized carbons (Fsp3) is 0.136. The number of rotatable bonds is 4. The highest BCUT2D eigenvalue weighted by Gasteiger charge is 2.14. The van der Waals surface area contributed by atoms with Crippen molar-refractivity contribution in [3.8, 4) is 0 Å².